The molecular weight excluding hydrogens is 328 g/mol. The summed E-state index contributed by atoms with van der Waals surface area (Å²) in [6.45, 7) is -0.525. The molecule has 7 heteroatoms. The van der Waals surface area contributed by atoms with Crippen molar-refractivity contribution < 1.29 is 33.8 Å². The third-order valence-corrected chi connectivity index (χ3v) is 3.61. The summed E-state index contributed by atoms with van der Waals surface area (Å²) in [7, 11) is 0. The van der Waals surface area contributed by atoms with Gasteiger partial charge in [-0.25, -0.2) is 4.79 Å². The summed E-state index contributed by atoms with van der Waals surface area (Å²) in [6, 6.07) is 8.39. The lowest BCUT2D eigenvalue weighted by molar-refractivity contribution is -0.164. The minimum absolute atomic E-state index is 0.356. The van der Waals surface area contributed by atoms with Gasteiger partial charge in [0.15, 0.2) is 0 Å². The van der Waals surface area contributed by atoms with E-state index in [4.69, 9.17) is 9.47 Å². The third-order valence-electron chi connectivity index (χ3n) is 3.61. The van der Waals surface area contributed by atoms with Crippen LogP contribution in [0.3, 0.4) is 0 Å². The first kappa shape index (κ1) is 18.3. The lowest BCUT2D eigenvalue weighted by Gasteiger charge is -2.30. The summed E-state index contributed by atoms with van der Waals surface area (Å²) in [5.41, 5.74) is -1.66. The van der Waals surface area contributed by atoms with Crippen molar-refractivity contribution >= 4 is 24.3 Å². The van der Waals surface area contributed by atoms with Crippen molar-refractivity contribution in [3.8, 4) is 5.75 Å². The van der Waals surface area contributed by atoms with Crippen LogP contribution in [-0.2, 0) is 23.9 Å². The molecule has 0 spiro atoms. The highest BCUT2D eigenvalue weighted by atomic mass is 16.5. The van der Waals surface area contributed by atoms with E-state index in [-0.39, 0.29) is 0 Å². The molecule has 2 unspecified atom stereocenters. The number of ketones is 1. The van der Waals surface area contributed by atoms with Gasteiger partial charge in [-0.1, -0.05) is 42.5 Å². The van der Waals surface area contributed by atoms with E-state index in [2.05, 4.69) is 0 Å². The molecule has 25 heavy (non-hydrogen) atoms. The molecule has 0 bridgehead atoms. The SMILES string of the molecule is O=CC1(C=O)C=CC=CC1OC(C(=O)O)C(=O)COc1ccccc1. The fraction of sp³-hybridized carbons (Fsp3) is 0.222. The van der Waals surface area contributed by atoms with E-state index < -0.39 is 36.0 Å². The number of ether oxygens (including phenoxy) is 2. The minimum Gasteiger partial charge on any atom is -0.486 e. The number of benzene rings is 1. The van der Waals surface area contributed by atoms with E-state index in [9.17, 15) is 24.3 Å². The van der Waals surface area contributed by atoms with Crippen LogP contribution < -0.4 is 4.74 Å². The molecule has 0 radical (unpaired) electrons. The van der Waals surface area contributed by atoms with Crippen LogP contribution in [0.4, 0.5) is 0 Å². The molecule has 7 nitrogen and oxygen atoms in total. The Balaban J connectivity index is 2.09. The second kappa shape index (κ2) is 8.16. The van der Waals surface area contributed by atoms with Crippen LogP contribution in [0.5, 0.6) is 5.75 Å². The first-order valence-corrected chi connectivity index (χ1v) is 7.40. The number of carboxylic acid groups (broad SMARTS) is 1. The van der Waals surface area contributed by atoms with E-state index in [1.165, 1.54) is 24.3 Å². The van der Waals surface area contributed by atoms with Crippen LogP contribution in [0.25, 0.3) is 0 Å². The molecule has 0 aromatic heterocycles. The minimum atomic E-state index is -1.87. The molecule has 0 heterocycles. The number of Topliss-reactive ketones (excluding diaryl/α,β-unsaturated/α-hetero) is 1. The van der Waals surface area contributed by atoms with Crippen LogP contribution in [-0.4, -0.2) is 48.2 Å². The molecule has 0 fully saturated rings. The number of rotatable bonds is 9. The van der Waals surface area contributed by atoms with Crippen molar-refractivity contribution in [3.63, 3.8) is 0 Å². The van der Waals surface area contributed by atoms with Crippen molar-refractivity contribution in [2.24, 2.45) is 5.41 Å². The second-order valence-electron chi connectivity index (χ2n) is 5.32. The number of carboxylic acids is 1. The Hall–Kier alpha value is -3.06. The molecule has 2 rings (SSSR count). The van der Waals surface area contributed by atoms with Crippen molar-refractivity contribution in [3.05, 3.63) is 54.6 Å². The number of carbonyl (C=O) groups is 4. The molecule has 2 atom stereocenters. The van der Waals surface area contributed by atoms with Gasteiger partial charge in [-0.05, 0) is 12.1 Å². The average molecular weight is 344 g/mol. The lowest BCUT2D eigenvalue weighted by Crippen LogP contribution is -2.46. The Kier molecular flexibility index (Phi) is 5.97. The van der Waals surface area contributed by atoms with Crippen molar-refractivity contribution in [1.29, 1.82) is 0 Å². The molecular formula is C18H16O7. The van der Waals surface area contributed by atoms with Gasteiger partial charge in [0.25, 0.3) is 0 Å². The molecule has 1 aliphatic rings. The van der Waals surface area contributed by atoms with E-state index in [0.717, 1.165) is 0 Å². The molecule has 0 aliphatic heterocycles. The van der Waals surface area contributed by atoms with Crippen LogP contribution in [0.2, 0.25) is 0 Å². The summed E-state index contributed by atoms with van der Waals surface area (Å²) >= 11 is 0. The van der Waals surface area contributed by atoms with Crippen LogP contribution in [0.15, 0.2) is 54.6 Å². The van der Waals surface area contributed by atoms with Crippen LogP contribution >= 0.6 is 0 Å². The number of aldehydes is 2. The first-order valence-electron chi connectivity index (χ1n) is 7.40. The fourth-order valence-electron chi connectivity index (χ4n) is 2.22. The second-order valence-corrected chi connectivity index (χ2v) is 5.32. The highest BCUT2D eigenvalue weighted by Crippen LogP contribution is 2.27. The monoisotopic (exact) mass is 344 g/mol. The smallest absolute Gasteiger partial charge is 0.340 e. The van der Waals surface area contributed by atoms with Gasteiger partial charge in [0.05, 0.1) is 0 Å². The van der Waals surface area contributed by atoms with Gasteiger partial charge in [0.1, 0.15) is 36.4 Å². The number of aliphatic carboxylic acids is 1. The third kappa shape index (κ3) is 4.27. The largest absolute Gasteiger partial charge is 0.486 e. The summed E-state index contributed by atoms with van der Waals surface area (Å²) in [4.78, 5) is 46.2. The van der Waals surface area contributed by atoms with Gasteiger partial charge >= 0.3 is 5.97 Å². The molecule has 0 saturated carbocycles. The van der Waals surface area contributed by atoms with Gasteiger partial charge in [0.2, 0.25) is 11.9 Å². The zero-order chi connectivity index (χ0) is 18.3. The summed E-state index contributed by atoms with van der Waals surface area (Å²) < 4.78 is 10.5. The van der Waals surface area contributed by atoms with E-state index in [1.807, 2.05) is 0 Å². The maximum atomic E-state index is 12.2. The zero-order valence-electron chi connectivity index (χ0n) is 13.1. The highest BCUT2D eigenvalue weighted by Gasteiger charge is 2.41. The maximum Gasteiger partial charge on any atom is 0.340 e. The van der Waals surface area contributed by atoms with Gasteiger partial charge in [-0.2, -0.15) is 0 Å². The molecule has 1 aromatic carbocycles. The highest BCUT2D eigenvalue weighted by molar-refractivity contribution is 6.02. The van der Waals surface area contributed by atoms with Crippen molar-refractivity contribution in [1.82, 2.24) is 0 Å². The van der Waals surface area contributed by atoms with E-state index >= 15 is 0 Å². The molecule has 0 amide bonds. The van der Waals surface area contributed by atoms with Gasteiger partial charge < -0.3 is 24.2 Å². The fourth-order valence-corrected chi connectivity index (χ4v) is 2.22. The Morgan fingerprint density at radius 2 is 1.84 bits per heavy atom. The number of allylic oxidation sites excluding steroid dienone is 2. The number of hydrogen-bond acceptors (Lipinski definition) is 6. The normalized spacial score (nSPS) is 19.0. The van der Waals surface area contributed by atoms with Gasteiger partial charge in [-0.3, -0.25) is 4.79 Å². The Morgan fingerprint density at radius 3 is 2.44 bits per heavy atom. The number of hydrogen-bond donors (Lipinski definition) is 1. The molecule has 1 aliphatic carbocycles. The number of para-hydroxylation sites is 1. The van der Waals surface area contributed by atoms with Crippen LogP contribution in [0.1, 0.15) is 0 Å². The molecule has 0 saturated heterocycles. The lowest BCUT2D eigenvalue weighted by atomic mass is 9.82. The first-order chi connectivity index (χ1) is 12.0. The summed E-state index contributed by atoms with van der Waals surface area (Å²) in [5, 5.41) is 9.27. The van der Waals surface area contributed by atoms with Crippen molar-refractivity contribution in [2.45, 2.75) is 12.2 Å². The van der Waals surface area contributed by atoms with Crippen LogP contribution in [0, 0.1) is 5.41 Å². The summed E-state index contributed by atoms with van der Waals surface area (Å²) in [6.07, 6.45) is 3.26. The Morgan fingerprint density at radius 1 is 1.16 bits per heavy atom. The summed E-state index contributed by atoms with van der Waals surface area (Å²) in [5.74, 6) is -1.98. The average Bonchev–Trinajstić information content (AvgIpc) is 2.65. The van der Waals surface area contributed by atoms with Gasteiger partial charge in [0, 0.05) is 0 Å². The Labute approximate surface area is 143 Å². The zero-order valence-corrected chi connectivity index (χ0v) is 13.1. The number of carbonyl (C=O) groups excluding carboxylic acids is 3. The predicted octanol–water partition coefficient (Wildman–Crippen LogP) is 0.983. The Bertz CT molecular complexity index is 697. The standard InChI is InChI=1S/C18H16O7/c19-11-18(12-20)9-5-4-8-15(18)25-16(17(22)23)14(21)10-24-13-6-2-1-3-7-13/h1-9,11-12,15-16H,10H2,(H,22,23). The van der Waals surface area contributed by atoms with E-state index in [1.54, 1.807) is 30.3 Å². The van der Waals surface area contributed by atoms with E-state index in [0.29, 0.717) is 18.3 Å². The topological polar surface area (TPSA) is 107 Å². The molecule has 1 aromatic rings. The van der Waals surface area contributed by atoms with Crippen molar-refractivity contribution in [2.75, 3.05) is 6.61 Å². The maximum absolute atomic E-state index is 12.2. The van der Waals surface area contributed by atoms with Gasteiger partial charge in [-0.15, -0.1) is 0 Å². The molecule has 130 valence electrons. The molecule has 1 N–H and O–H groups in total. The predicted molar refractivity (Wildman–Crippen MR) is 86.1 cm³/mol. The quantitative estimate of drug-likeness (QED) is 0.526.